The number of nitro groups is 2. The lowest BCUT2D eigenvalue weighted by Gasteiger charge is -2.46. The van der Waals surface area contributed by atoms with E-state index in [0.29, 0.717) is 0 Å². The Morgan fingerprint density at radius 2 is 1.79 bits per heavy atom. The second kappa shape index (κ2) is 6.35. The number of hydrogen-bond acceptors (Lipinski definition) is 10. The summed E-state index contributed by atoms with van der Waals surface area (Å²) in [4.78, 5) is 20.1. The Labute approximate surface area is 133 Å². The van der Waals surface area contributed by atoms with E-state index in [0.717, 1.165) is 18.2 Å². The zero-order valence-electron chi connectivity index (χ0n) is 11.9. The summed E-state index contributed by atoms with van der Waals surface area (Å²) in [6.45, 7) is -1.00. The Hall–Kier alpha value is -2.22. The SMILES string of the molecule is O=[N+]([O-])c1cccc([C@@]2(O)[C@H](O)[C@@H](O)[C@H](O)O[C@@H]2CO)c1[N+](=O)[O-]. The van der Waals surface area contributed by atoms with Gasteiger partial charge in [-0.25, -0.2) is 0 Å². The number of nitrogens with zero attached hydrogens (tertiary/aromatic N) is 2. The number of ether oxygens (including phenoxy) is 1. The summed E-state index contributed by atoms with van der Waals surface area (Å²) in [5, 5.41) is 71.6. The highest BCUT2D eigenvalue weighted by Crippen LogP contribution is 2.44. The fourth-order valence-corrected chi connectivity index (χ4v) is 2.67. The van der Waals surface area contributed by atoms with Crippen molar-refractivity contribution in [3.05, 3.63) is 44.0 Å². The molecule has 5 N–H and O–H groups in total. The first-order valence-corrected chi connectivity index (χ1v) is 6.61. The minimum absolute atomic E-state index is 0.737. The van der Waals surface area contributed by atoms with Crippen LogP contribution in [0.5, 0.6) is 0 Å². The molecule has 1 aliphatic rings. The maximum absolute atomic E-state index is 11.3. The van der Waals surface area contributed by atoms with Crippen LogP contribution in [0.2, 0.25) is 0 Å². The molecular formula is C12H14N2O10. The molecule has 0 aliphatic carbocycles. The van der Waals surface area contributed by atoms with E-state index in [1.807, 2.05) is 0 Å². The highest BCUT2D eigenvalue weighted by molar-refractivity contribution is 5.60. The van der Waals surface area contributed by atoms with Crippen LogP contribution in [0.25, 0.3) is 0 Å². The van der Waals surface area contributed by atoms with Crippen molar-refractivity contribution >= 4 is 11.4 Å². The van der Waals surface area contributed by atoms with Crippen molar-refractivity contribution in [2.24, 2.45) is 0 Å². The van der Waals surface area contributed by atoms with E-state index in [2.05, 4.69) is 0 Å². The van der Waals surface area contributed by atoms with E-state index in [1.54, 1.807) is 0 Å². The van der Waals surface area contributed by atoms with E-state index in [-0.39, 0.29) is 0 Å². The molecule has 24 heavy (non-hydrogen) atoms. The maximum atomic E-state index is 11.3. The third-order valence-corrected chi connectivity index (χ3v) is 3.85. The summed E-state index contributed by atoms with van der Waals surface area (Å²) in [5.74, 6) is 0. The van der Waals surface area contributed by atoms with Gasteiger partial charge in [0.2, 0.25) is 0 Å². The van der Waals surface area contributed by atoms with Crippen LogP contribution in [-0.4, -0.2) is 66.6 Å². The molecule has 1 aromatic carbocycles. The molecule has 12 heteroatoms. The minimum atomic E-state index is -2.78. The molecule has 1 aliphatic heterocycles. The first-order chi connectivity index (χ1) is 11.2. The predicted octanol–water partition coefficient (Wildman–Crippen LogP) is -1.88. The van der Waals surface area contributed by atoms with E-state index >= 15 is 0 Å². The van der Waals surface area contributed by atoms with Crippen LogP contribution in [-0.2, 0) is 10.3 Å². The Morgan fingerprint density at radius 1 is 1.17 bits per heavy atom. The van der Waals surface area contributed by atoms with E-state index < -0.39 is 63.6 Å². The number of benzene rings is 1. The molecule has 1 aromatic rings. The van der Waals surface area contributed by atoms with Crippen LogP contribution in [0, 0.1) is 20.2 Å². The average Bonchev–Trinajstić information content (AvgIpc) is 2.55. The van der Waals surface area contributed by atoms with Crippen molar-refractivity contribution in [1.29, 1.82) is 0 Å². The van der Waals surface area contributed by atoms with Crippen molar-refractivity contribution < 1.29 is 40.1 Å². The second-order valence-electron chi connectivity index (χ2n) is 5.15. The lowest BCUT2D eigenvalue weighted by molar-refractivity contribution is -0.424. The first-order valence-electron chi connectivity index (χ1n) is 6.61. The summed E-state index contributed by atoms with van der Waals surface area (Å²) in [6.07, 6.45) is -8.06. The van der Waals surface area contributed by atoms with Gasteiger partial charge >= 0.3 is 11.4 Å². The van der Waals surface area contributed by atoms with Crippen molar-refractivity contribution in [1.82, 2.24) is 0 Å². The van der Waals surface area contributed by atoms with Gasteiger partial charge in [0.05, 0.1) is 22.0 Å². The predicted molar refractivity (Wildman–Crippen MR) is 73.6 cm³/mol. The third-order valence-electron chi connectivity index (χ3n) is 3.85. The molecule has 2 rings (SSSR count). The average molecular weight is 346 g/mol. The summed E-state index contributed by atoms with van der Waals surface area (Å²) < 4.78 is 4.78. The van der Waals surface area contributed by atoms with Gasteiger partial charge in [-0.1, -0.05) is 6.07 Å². The smallest absolute Gasteiger partial charge is 0.352 e. The Balaban J connectivity index is 2.74. The van der Waals surface area contributed by atoms with Gasteiger partial charge in [-0.2, -0.15) is 0 Å². The molecular weight excluding hydrogens is 332 g/mol. The fourth-order valence-electron chi connectivity index (χ4n) is 2.67. The van der Waals surface area contributed by atoms with Crippen LogP contribution >= 0.6 is 0 Å². The van der Waals surface area contributed by atoms with Crippen LogP contribution in [0.3, 0.4) is 0 Å². The number of hydrogen-bond donors (Lipinski definition) is 5. The number of aliphatic hydroxyl groups excluding tert-OH is 4. The highest BCUT2D eigenvalue weighted by Gasteiger charge is 2.58. The normalized spacial score (nSPS) is 33.2. The van der Waals surface area contributed by atoms with Crippen molar-refractivity contribution in [3.63, 3.8) is 0 Å². The Morgan fingerprint density at radius 3 is 2.29 bits per heavy atom. The molecule has 5 atom stereocenters. The van der Waals surface area contributed by atoms with Crippen molar-refractivity contribution in [2.75, 3.05) is 6.61 Å². The third kappa shape index (κ3) is 2.60. The first kappa shape index (κ1) is 18.1. The van der Waals surface area contributed by atoms with Crippen molar-refractivity contribution in [2.45, 2.75) is 30.2 Å². The molecule has 0 bridgehead atoms. The number of nitro benzene ring substituents is 2. The van der Waals surface area contributed by atoms with Gasteiger partial charge in [-0.05, 0) is 6.07 Å². The molecule has 0 amide bonds. The van der Waals surface area contributed by atoms with Crippen LogP contribution in [0.15, 0.2) is 18.2 Å². The van der Waals surface area contributed by atoms with Gasteiger partial charge in [0, 0.05) is 6.07 Å². The molecule has 1 fully saturated rings. The zero-order chi connectivity index (χ0) is 18.2. The van der Waals surface area contributed by atoms with Crippen molar-refractivity contribution in [3.8, 4) is 0 Å². The minimum Gasteiger partial charge on any atom is -0.394 e. The Bertz CT molecular complexity index is 663. The lowest BCUT2D eigenvalue weighted by Crippen LogP contribution is -2.65. The molecule has 0 unspecified atom stereocenters. The molecule has 0 radical (unpaired) electrons. The van der Waals surface area contributed by atoms with Crippen LogP contribution < -0.4 is 0 Å². The summed E-state index contributed by atoms with van der Waals surface area (Å²) in [7, 11) is 0. The molecule has 1 heterocycles. The molecule has 0 saturated carbocycles. The zero-order valence-corrected chi connectivity index (χ0v) is 11.9. The molecule has 0 aromatic heterocycles. The quantitative estimate of drug-likeness (QED) is 0.304. The van der Waals surface area contributed by atoms with Gasteiger partial charge in [0.15, 0.2) is 11.9 Å². The van der Waals surface area contributed by atoms with E-state index in [4.69, 9.17) is 4.74 Å². The monoisotopic (exact) mass is 346 g/mol. The number of rotatable bonds is 4. The fraction of sp³-hybridized carbons (Fsp3) is 0.500. The van der Waals surface area contributed by atoms with Crippen LogP contribution in [0.4, 0.5) is 11.4 Å². The summed E-state index contributed by atoms with van der Waals surface area (Å²) in [6, 6.07) is 2.77. The van der Waals surface area contributed by atoms with E-state index in [1.165, 1.54) is 0 Å². The number of aliphatic hydroxyl groups is 5. The van der Waals surface area contributed by atoms with Gasteiger partial charge in [-0.3, -0.25) is 20.2 Å². The van der Waals surface area contributed by atoms with Gasteiger partial charge < -0.3 is 30.3 Å². The molecule has 132 valence electrons. The maximum Gasteiger partial charge on any atom is 0.352 e. The lowest BCUT2D eigenvalue weighted by atomic mass is 9.77. The largest absolute Gasteiger partial charge is 0.394 e. The standard InChI is InChI=1S/C12H14N2O10/c15-4-7-12(19,10(17)9(16)11(18)24-7)5-2-1-3-6(13(20)21)8(5)14(22)23/h1-3,7,9-11,15-19H,4H2/t7-,9-,10-,11-,12+/m1/s1. The molecule has 1 saturated heterocycles. The van der Waals surface area contributed by atoms with Gasteiger partial charge in [0.1, 0.15) is 18.3 Å². The Kier molecular flexibility index (Phi) is 4.80. The van der Waals surface area contributed by atoms with Crippen LogP contribution in [0.1, 0.15) is 5.56 Å². The highest BCUT2D eigenvalue weighted by atomic mass is 16.6. The molecule has 0 spiro atoms. The van der Waals surface area contributed by atoms with Gasteiger partial charge in [0.25, 0.3) is 0 Å². The van der Waals surface area contributed by atoms with E-state index in [9.17, 15) is 45.8 Å². The summed E-state index contributed by atoms with van der Waals surface area (Å²) in [5.41, 5.74) is -5.61. The molecule has 12 nitrogen and oxygen atoms in total. The van der Waals surface area contributed by atoms with Gasteiger partial charge in [-0.15, -0.1) is 0 Å². The second-order valence-corrected chi connectivity index (χ2v) is 5.15. The topological polar surface area (TPSA) is 197 Å². The summed E-state index contributed by atoms with van der Waals surface area (Å²) >= 11 is 0. The number of para-hydroxylation sites is 1.